The number of hydrogen-bond donors (Lipinski definition) is 5. The molecule has 1 saturated carbocycles. The molecule has 1 aliphatic rings. The SMILES string of the molecule is CCCCCCCC/C=C\CCCCCCCC(=O)O[C@H](COC(=O)CCCCCC[C@H]1C(=O)C[C@@H](O)[C@@H]1/C=C/[C@@H](O)CCCCC)COP(=O)(O)OC[C@H](N)C(=O)O. The number of ether oxygens (including phenoxy) is 2. The summed E-state index contributed by atoms with van der Waals surface area (Å²) in [5.41, 5.74) is 5.33. The van der Waals surface area contributed by atoms with Crippen molar-refractivity contribution >= 4 is 31.5 Å². The van der Waals surface area contributed by atoms with Gasteiger partial charge in [0.15, 0.2) is 6.10 Å². The molecule has 0 aliphatic heterocycles. The zero-order valence-electron chi connectivity index (χ0n) is 36.1. The summed E-state index contributed by atoms with van der Waals surface area (Å²) in [4.78, 5) is 58.8. The van der Waals surface area contributed by atoms with E-state index in [4.69, 9.17) is 24.8 Å². The number of Topliss-reactive ketones (excluding diaryl/α,β-unsaturated/α-hetero) is 1. The van der Waals surface area contributed by atoms with Crippen molar-refractivity contribution in [2.45, 2.75) is 199 Å². The van der Waals surface area contributed by atoms with Crippen molar-refractivity contribution in [3.05, 3.63) is 24.3 Å². The van der Waals surface area contributed by atoms with Crippen molar-refractivity contribution in [2.75, 3.05) is 19.8 Å². The number of unbranched alkanes of at least 4 members (excludes halogenated alkanes) is 16. The molecule has 0 amide bonds. The summed E-state index contributed by atoms with van der Waals surface area (Å²) < 4.78 is 32.7. The number of carbonyl (C=O) groups excluding carboxylic acids is 3. The number of esters is 2. The molecule has 1 fully saturated rings. The first-order chi connectivity index (χ1) is 28.3. The number of hydrogen-bond acceptors (Lipinski definition) is 12. The van der Waals surface area contributed by atoms with Crippen LogP contribution >= 0.6 is 7.82 Å². The number of aliphatic hydroxyl groups excluding tert-OH is 2. The molecule has 6 N–H and O–H groups in total. The highest BCUT2D eigenvalue weighted by atomic mass is 31.2. The number of rotatable bonds is 38. The van der Waals surface area contributed by atoms with E-state index in [-0.39, 0.29) is 36.9 Å². The monoisotopic (exact) mass is 860 g/mol. The first kappa shape index (κ1) is 54.6. The van der Waals surface area contributed by atoms with E-state index in [1.54, 1.807) is 12.2 Å². The number of phosphoric ester groups is 1. The van der Waals surface area contributed by atoms with Gasteiger partial charge in [-0.05, 0) is 51.4 Å². The quantitative estimate of drug-likeness (QED) is 0.0170. The zero-order valence-corrected chi connectivity index (χ0v) is 37.0. The molecule has 0 aromatic carbocycles. The van der Waals surface area contributed by atoms with Crippen LogP contribution in [0.15, 0.2) is 24.3 Å². The maximum absolute atomic E-state index is 12.7. The Labute approximate surface area is 353 Å². The maximum Gasteiger partial charge on any atom is 0.472 e. The van der Waals surface area contributed by atoms with Gasteiger partial charge in [0.1, 0.15) is 18.4 Å². The molecule has 0 aromatic rings. The summed E-state index contributed by atoms with van der Waals surface area (Å²) in [5, 5.41) is 29.6. The van der Waals surface area contributed by atoms with E-state index < -0.39 is 69.9 Å². The summed E-state index contributed by atoms with van der Waals surface area (Å²) in [5.74, 6) is -3.18. The Morgan fingerprint density at radius 3 is 1.95 bits per heavy atom. The Bertz CT molecular complexity index is 1260. The second kappa shape index (κ2) is 34.2. The molecular formula is C44H78NO13P. The Balaban J connectivity index is 2.47. The van der Waals surface area contributed by atoms with Crippen molar-refractivity contribution < 1.29 is 62.5 Å². The van der Waals surface area contributed by atoms with Gasteiger partial charge in [-0.3, -0.25) is 28.2 Å². The van der Waals surface area contributed by atoms with E-state index in [1.165, 1.54) is 38.5 Å². The normalized spacial score (nSPS) is 19.6. The number of aliphatic hydroxyl groups is 2. The standard InChI is InChI=1S/C44H78NO13P/c1-3-5-7-8-9-10-11-12-13-14-15-16-17-18-24-28-43(50)58-36(33-56-59(53,54)57-34-39(45)44(51)52)32-55-42(49)27-23-20-19-22-26-37-38(41(48)31-40(37)47)30-29-35(46)25-21-6-4-2/h12-13,29-30,35-39,41,46,48H,3-11,14-28,31-34,45H2,1-2H3,(H,51,52)(H,53,54)/b13-12-,30-29+/t35-,36+,37+,38+,39-,41+/m0/s1. The van der Waals surface area contributed by atoms with Gasteiger partial charge in [-0.2, -0.15) is 0 Å². The second-order valence-corrected chi connectivity index (χ2v) is 17.4. The van der Waals surface area contributed by atoms with Crippen LogP contribution in [0, 0.1) is 11.8 Å². The average Bonchev–Trinajstić information content (AvgIpc) is 3.47. The Morgan fingerprint density at radius 1 is 0.780 bits per heavy atom. The fraction of sp³-hybridized carbons (Fsp3) is 0.818. The lowest BCUT2D eigenvalue weighted by molar-refractivity contribution is -0.161. The third-order valence-electron chi connectivity index (χ3n) is 10.6. The van der Waals surface area contributed by atoms with Crippen molar-refractivity contribution in [2.24, 2.45) is 17.6 Å². The minimum atomic E-state index is -4.78. The van der Waals surface area contributed by atoms with Crippen LogP contribution in [0.2, 0.25) is 0 Å². The first-order valence-electron chi connectivity index (χ1n) is 22.5. The second-order valence-electron chi connectivity index (χ2n) is 16.0. The number of nitrogens with two attached hydrogens (primary N) is 1. The summed E-state index contributed by atoms with van der Waals surface area (Å²) in [6.07, 6.45) is 27.2. The molecular weight excluding hydrogens is 781 g/mol. The zero-order chi connectivity index (χ0) is 43.7. The molecule has 59 heavy (non-hydrogen) atoms. The number of allylic oxidation sites excluding steroid dienone is 2. The molecule has 1 rings (SSSR count). The van der Waals surface area contributed by atoms with Crippen LogP contribution in [-0.4, -0.2) is 88.1 Å². The van der Waals surface area contributed by atoms with Crippen molar-refractivity contribution in [1.29, 1.82) is 0 Å². The van der Waals surface area contributed by atoms with Crippen LogP contribution in [0.3, 0.4) is 0 Å². The summed E-state index contributed by atoms with van der Waals surface area (Å²) >= 11 is 0. The van der Waals surface area contributed by atoms with Gasteiger partial charge in [0.05, 0.1) is 25.4 Å². The smallest absolute Gasteiger partial charge is 0.472 e. The van der Waals surface area contributed by atoms with Crippen LogP contribution < -0.4 is 5.73 Å². The van der Waals surface area contributed by atoms with Crippen LogP contribution in [0.5, 0.6) is 0 Å². The molecule has 0 heterocycles. The minimum absolute atomic E-state index is 0.0241. The van der Waals surface area contributed by atoms with Gasteiger partial charge < -0.3 is 35.4 Å². The lowest BCUT2D eigenvalue weighted by Crippen LogP contribution is -2.34. The molecule has 15 heteroatoms. The van der Waals surface area contributed by atoms with Gasteiger partial charge in [0.25, 0.3) is 0 Å². The lowest BCUT2D eigenvalue weighted by Gasteiger charge is -2.20. The van der Waals surface area contributed by atoms with E-state index in [2.05, 4.69) is 30.5 Å². The van der Waals surface area contributed by atoms with Crippen molar-refractivity contribution in [1.82, 2.24) is 0 Å². The fourth-order valence-corrected chi connectivity index (χ4v) is 7.73. The summed E-state index contributed by atoms with van der Waals surface area (Å²) in [7, 11) is -4.78. The molecule has 0 radical (unpaired) electrons. The predicted molar refractivity (Wildman–Crippen MR) is 227 cm³/mol. The first-order valence-corrected chi connectivity index (χ1v) is 24.0. The summed E-state index contributed by atoms with van der Waals surface area (Å²) in [6.45, 7) is 2.45. The van der Waals surface area contributed by atoms with E-state index in [0.717, 1.165) is 70.6 Å². The number of carbonyl (C=O) groups is 4. The number of carboxylic acid groups (broad SMARTS) is 1. The molecule has 0 spiro atoms. The number of ketones is 1. The highest BCUT2D eigenvalue weighted by Gasteiger charge is 2.39. The molecule has 7 atom stereocenters. The molecule has 14 nitrogen and oxygen atoms in total. The van der Waals surface area contributed by atoms with Gasteiger partial charge in [-0.15, -0.1) is 0 Å². The number of aliphatic carboxylic acids is 1. The molecule has 1 unspecified atom stereocenters. The van der Waals surface area contributed by atoms with Crippen LogP contribution in [0.1, 0.15) is 174 Å². The largest absolute Gasteiger partial charge is 0.480 e. The molecule has 1 aliphatic carbocycles. The van der Waals surface area contributed by atoms with Crippen molar-refractivity contribution in [3.63, 3.8) is 0 Å². The van der Waals surface area contributed by atoms with Crippen LogP contribution in [0.25, 0.3) is 0 Å². The minimum Gasteiger partial charge on any atom is -0.480 e. The lowest BCUT2D eigenvalue weighted by atomic mass is 9.88. The van der Waals surface area contributed by atoms with Gasteiger partial charge in [0.2, 0.25) is 0 Å². The van der Waals surface area contributed by atoms with Gasteiger partial charge in [-0.25, -0.2) is 4.57 Å². The van der Waals surface area contributed by atoms with E-state index in [9.17, 15) is 38.8 Å². The highest BCUT2D eigenvalue weighted by Crippen LogP contribution is 2.43. The molecule has 342 valence electrons. The third kappa shape index (κ3) is 28.7. The molecule has 0 saturated heterocycles. The summed E-state index contributed by atoms with van der Waals surface area (Å²) in [6, 6.07) is -1.56. The van der Waals surface area contributed by atoms with Crippen molar-refractivity contribution in [3.8, 4) is 0 Å². The maximum atomic E-state index is 12.7. The molecule has 0 aromatic heterocycles. The Morgan fingerprint density at radius 2 is 1.32 bits per heavy atom. The van der Waals surface area contributed by atoms with Crippen LogP contribution in [0.4, 0.5) is 0 Å². The predicted octanol–water partition coefficient (Wildman–Crippen LogP) is 8.43. The topological polar surface area (TPSA) is 229 Å². The molecule has 0 bridgehead atoms. The number of carboxylic acids is 1. The fourth-order valence-electron chi connectivity index (χ4n) is 6.96. The van der Waals surface area contributed by atoms with E-state index in [0.29, 0.717) is 32.1 Å². The average molecular weight is 860 g/mol. The Kier molecular flexibility index (Phi) is 31.6. The van der Waals surface area contributed by atoms with Crippen LogP contribution in [-0.2, 0) is 42.3 Å². The number of phosphoric acid groups is 1. The van der Waals surface area contributed by atoms with Gasteiger partial charge >= 0.3 is 25.7 Å². The third-order valence-corrected chi connectivity index (χ3v) is 11.5. The van der Waals surface area contributed by atoms with E-state index >= 15 is 0 Å². The Hall–Kier alpha value is -2.45. The van der Waals surface area contributed by atoms with Gasteiger partial charge in [-0.1, -0.05) is 128 Å². The van der Waals surface area contributed by atoms with Gasteiger partial charge in [0, 0.05) is 31.1 Å². The van der Waals surface area contributed by atoms with E-state index in [1.807, 2.05) is 0 Å². The highest BCUT2D eigenvalue weighted by molar-refractivity contribution is 7.47.